The highest BCUT2D eigenvalue weighted by Crippen LogP contribution is 2.34. The summed E-state index contributed by atoms with van der Waals surface area (Å²) in [5, 5.41) is 8.76. The molecule has 3 N–H and O–H groups in total. The largest absolute Gasteiger partial charge is 0.452 e. The summed E-state index contributed by atoms with van der Waals surface area (Å²) in [6.45, 7) is 6.96. The first-order chi connectivity index (χ1) is 10.8. The van der Waals surface area contributed by atoms with Crippen LogP contribution in [0.2, 0.25) is 0 Å². The maximum atomic E-state index is 12.0. The number of carbonyl (C=O) groups is 2. The Labute approximate surface area is 136 Å². The molecule has 0 saturated heterocycles. The van der Waals surface area contributed by atoms with E-state index in [1.54, 1.807) is 0 Å². The van der Waals surface area contributed by atoms with Crippen molar-refractivity contribution in [1.29, 1.82) is 0 Å². The van der Waals surface area contributed by atoms with Crippen LogP contribution in [-0.4, -0.2) is 36.3 Å². The van der Waals surface area contributed by atoms with E-state index in [0.29, 0.717) is 5.75 Å². The van der Waals surface area contributed by atoms with Crippen LogP contribution in [0.3, 0.4) is 0 Å². The summed E-state index contributed by atoms with van der Waals surface area (Å²) in [6.07, 6.45) is 0. The van der Waals surface area contributed by atoms with Crippen molar-refractivity contribution in [3.8, 4) is 5.75 Å². The van der Waals surface area contributed by atoms with Crippen LogP contribution in [0.15, 0.2) is 18.2 Å². The molecule has 0 aliphatic heterocycles. The Kier molecular flexibility index (Phi) is 7.19. The smallest absolute Gasteiger partial charge is 0.349 e. The molecule has 0 spiro atoms. The first-order valence-corrected chi connectivity index (χ1v) is 7.64. The van der Waals surface area contributed by atoms with Crippen LogP contribution in [0.1, 0.15) is 50.7 Å². The Morgan fingerprint density at radius 1 is 1.13 bits per heavy atom. The molecule has 0 radical (unpaired) electrons. The fourth-order valence-electron chi connectivity index (χ4n) is 2.06. The average Bonchev–Trinajstić information content (AvgIpc) is 2.51. The Morgan fingerprint density at radius 2 is 1.65 bits per heavy atom. The molecule has 128 valence electrons. The Hall–Kier alpha value is -1.92. The van der Waals surface area contributed by atoms with Crippen LogP contribution in [0.25, 0.3) is 0 Å². The number of hydrogen-bond donors (Lipinski definition) is 2. The molecule has 23 heavy (non-hydrogen) atoms. The number of aliphatic hydroxyl groups excluding tert-OH is 1. The first kappa shape index (κ1) is 19.1. The minimum absolute atomic E-state index is 0.182. The van der Waals surface area contributed by atoms with E-state index in [2.05, 4.69) is 0 Å². The molecule has 0 aliphatic carbocycles. The van der Waals surface area contributed by atoms with E-state index < -0.39 is 31.2 Å². The Morgan fingerprint density at radius 3 is 2.09 bits per heavy atom. The third-order valence-corrected chi connectivity index (χ3v) is 3.37. The zero-order valence-electron chi connectivity index (χ0n) is 14.0. The zero-order chi connectivity index (χ0) is 17.6. The van der Waals surface area contributed by atoms with Gasteiger partial charge in [0.2, 0.25) is 0 Å². The lowest BCUT2D eigenvalue weighted by Crippen LogP contribution is -2.37. The standard InChI is InChI=1S/C17H25NO5/c1-10(2)12-6-5-7-13(11(3)4)16(12)23-15(20)9-22-17(21)14(18)8-19/h5-7,10-11,14,19H,8-9,18H2,1-4H3/t14-/m1/s1. The Balaban J connectivity index is 2.87. The van der Waals surface area contributed by atoms with E-state index >= 15 is 0 Å². The molecule has 0 aromatic heterocycles. The molecular weight excluding hydrogens is 298 g/mol. The minimum Gasteiger partial charge on any atom is -0.452 e. The number of aliphatic hydroxyl groups is 1. The van der Waals surface area contributed by atoms with Crippen molar-refractivity contribution in [1.82, 2.24) is 0 Å². The molecule has 0 bridgehead atoms. The number of ether oxygens (including phenoxy) is 2. The maximum Gasteiger partial charge on any atom is 0.349 e. The topological polar surface area (TPSA) is 98.9 Å². The van der Waals surface area contributed by atoms with E-state index in [-0.39, 0.29) is 11.8 Å². The van der Waals surface area contributed by atoms with Crippen LogP contribution < -0.4 is 10.5 Å². The normalized spacial score (nSPS) is 12.3. The highest BCUT2D eigenvalue weighted by molar-refractivity contribution is 5.81. The van der Waals surface area contributed by atoms with Gasteiger partial charge in [0.25, 0.3) is 0 Å². The van der Waals surface area contributed by atoms with Gasteiger partial charge in [-0.1, -0.05) is 45.9 Å². The Bertz CT molecular complexity index is 528. The van der Waals surface area contributed by atoms with Gasteiger partial charge in [0.05, 0.1) is 6.61 Å². The monoisotopic (exact) mass is 323 g/mol. The summed E-state index contributed by atoms with van der Waals surface area (Å²) in [4.78, 5) is 23.3. The molecule has 0 aliphatic rings. The number of benzene rings is 1. The lowest BCUT2D eigenvalue weighted by Gasteiger charge is -2.19. The van der Waals surface area contributed by atoms with E-state index in [4.69, 9.17) is 20.3 Å². The summed E-state index contributed by atoms with van der Waals surface area (Å²) >= 11 is 0. The van der Waals surface area contributed by atoms with Crippen molar-refractivity contribution in [3.05, 3.63) is 29.3 Å². The number of nitrogens with two attached hydrogens (primary N) is 1. The van der Waals surface area contributed by atoms with Gasteiger partial charge >= 0.3 is 11.9 Å². The van der Waals surface area contributed by atoms with Crippen molar-refractivity contribution >= 4 is 11.9 Å². The second kappa shape index (κ2) is 8.64. The molecular formula is C17H25NO5. The highest BCUT2D eigenvalue weighted by atomic mass is 16.6. The fraction of sp³-hybridized carbons (Fsp3) is 0.529. The molecule has 1 rings (SSSR count). The summed E-state index contributed by atoms with van der Waals surface area (Å²) < 4.78 is 10.2. The molecule has 0 unspecified atom stereocenters. The fourth-order valence-corrected chi connectivity index (χ4v) is 2.06. The number of para-hydroxylation sites is 1. The minimum atomic E-state index is -1.16. The van der Waals surface area contributed by atoms with Gasteiger partial charge in [-0.2, -0.15) is 0 Å². The molecule has 1 aromatic carbocycles. The van der Waals surface area contributed by atoms with Gasteiger partial charge in [0, 0.05) is 0 Å². The van der Waals surface area contributed by atoms with Crippen LogP contribution in [0, 0.1) is 0 Å². The van der Waals surface area contributed by atoms with Gasteiger partial charge in [0.15, 0.2) is 6.61 Å². The third kappa shape index (κ3) is 5.33. The molecule has 0 amide bonds. The van der Waals surface area contributed by atoms with Gasteiger partial charge in [0.1, 0.15) is 11.8 Å². The van der Waals surface area contributed by atoms with Gasteiger partial charge in [-0.05, 0) is 23.0 Å². The van der Waals surface area contributed by atoms with E-state index in [0.717, 1.165) is 11.1 Å². The number of rotatable bonds is 7. The maximum absolute atomic E-state index is 12.0. The second-order valence-corrected chi connectivity index (χ2v) is 5.95. The van der Waals surface area contributed by atoms with Crippen molar-refractivity contribution in [2.75, 3.05) is 13.2 Å². The molecule has 6 heteroatoms. The highest BCUT2D eigenvalue weighted by Gasteiger charge is 2.20. The predicted molar refractivity (Wildman–Crippen MR) is 86.3 cm³/mol. The lowest BCUT2D eigenvalue weighted by atomic mass is 9.94. The van der Waals surface area contributed by atoms with Crippen LogP contribution in [0.5, 0.6) is 5.75 Å². The quantitative estimate of drug-likeness (QED) is 0.585. The number of carbonyl (C=O) groups excluding carboxylic acids is 2. The summed E-state index contributed by atoms with van der Waals surface area (Å²) in [6, 6.07) is 4.60. The van der Waals surface area contributed by atoms with Crippen molar-refractivity contribution in [3.63, 3.8) is 0 Å². The molecule has 1 aromatic rings. The second-order valence-electron chi connectivity index (χ2n) is 5.95. The van der Waals surface area contributed by atoms with Gasteiger partial charge in [-0.3, -0.25) is 4.79 Å². The summed E-state index contributed by atoms with van der Waals surface area (Å²) in [5.74, 6) is -0.641. The molecule has 0 saturated carbocycles. The third-order valence-electron chi connectivity index (χ3n) is 3.37. The van der Waals surface area contributed by atoms with Gasteiger partial charge in [-0.15, -0.1) is 0 Å². The molecule has 1 atom stereocenters. The summed E-state index contributed by atoms with van der Waals surface area (Å²) in [7, 11) is 0. The van der Waals surface area contributed by atoms with E-state index in [1.807, 2.05) is 45.9 Å². The summed E-state index contributed by atoms with van der Waals surface area (Å²) in [5.41, 5.74) is 7.15. The van der Waals surface area contributed by atoms with Crippen LogP contribution >= 0.6 is 0 Å². The van der Waals surface area contributed by atoms with Crippen molar-refractivity contribution in [2.24, 2.45) is 5.73 Å². The predicted octanol–water partition coefficient (Wildman–Crippen LogP) is 1.70. The number of hydrogen-bond acceptors (Lipinski definition) is 6. The molecule has 0 fully saturated rings. The lowest BCUT2D eigenvalue weighted by molar-refractivity contribution is -0.155. The van der Waals surface area contributed by atoms with Crippen molar-refractivity contribution in [2.45, 2.75) is 45.6 Å². The van der Waals surface area contributed by atoms with Gasteiger partial charge < -0.3 is 20.3 Å². The zero-order valence-corrected chi connectivity index (χ0v) is 14.0. The average molecular weight is 323 g/mol. The number of esters is 2. The van der Waals surface area contributed by atoms with Crippen molar-refractivity contribution < 1.29 is 24.2 Å². The first-order valence-electron chi connectivity index (χ1n) is 7.64. The SMILES string of the molecule is CC(C)c1cccc(C(C)C)c1OC(=O)COC(=O)[C@H](N)CO. The van der Waals surface area contributed by atoms with Crippen LogP contribution in [0.4, 0.5) is 0 Å². The van der Waals surface area contributed by atoms with E-state index in [9.17, 15) is 9.59 Å². The van der Waals surface area contributed by atoms with Gasteiger partial charge in [-0.25, -0.2) is 4.79 Å². The van der Waals surface area contributed by atoms with E-state index in [1.165, 1.54) is 0 Å². The molecule has 0 heterocycles. The molecule has 6 nitrogen and oxygen atoms in total. The van der Waals surface area contributed by atoms with Crippen LogP contribution in [-0.2, 0) is 14.3 Å².